The number of rotatable bonds is 4. The molecule has 5 heteroatoms. The standard InChI is InChI=1S/C16H14F3NO/c17-16(18,19)14-8-6-12(7-9-14)10-20-15(11-21)13-4-2-1-3-5-13/h1-10,15,21H,11H2/t15-/m1/s1. The molecule has 2 aromatic rings. The number of hydrogen-bond acceptors (Lipinski definition) is 2. The lowest BCUT2D eigenvalue weighted by Crippen LogP contribution is -2.04. The summed E-state index contributed by atoms with van der Waals surface area (Å²) in [6.07, 6.45) is -2.87. The smallest absolute Gasteiger partial charge is 0.394 e. The Morgan fingerprint density at radius 2 is 1.62 bits per heavy atom. The molecule has 0 saturated carbocycles. The lowest BCUT2D eigenvalue weighted by Gasteiger charge is -2.09. The van der Waals surface area contributed by atoms with Gasteiger partial charge in [0.05, 0.1) is 18.2 Å². The maximum absolute atomic E-state index is 12.4. The molecule has 2 rings (SSSR count). The van der Waals surface area contributed by atoms with Crippen LogP contribution in [0.5, 0.6) is 0 Å². The third-order valence-electron chi connectivity index (χ3n) is 3.00. The quantitative estimate of drug-likeness (QED) is 0.853. The number of nitrogens with zero attached hydrogens (tertiary/aromatic N) is 1. The Bertz CT molecular complexity index is 591. The highest BCUT2D eigenvalue weighted by atomic mass is 19.4. The molecule has 0 aliphatic heterocycles. The van der Waals surface area contributed by atoms with E-state index in [2.05, 4.69) is 4.99 Å². The summed E-state index contributed by atoms with van der Waals surface area (Å²) in [6.45, 7) is -0.166. The zero-order valence-corrected chi connectivity index (χ0v) is 11.1. The van der Waals surface area contributed by atoms with Gasteiger partial charge in [0.15, 0.2) is 0 Å². The molecule has 0 amide bonds. The summed E-state index contributed by atoms with van der Waals surface area (Å²) in [5, 5.41) is 9.35. The molecule has 0 heterocycles. The summed E-state index contributed by atoms with van der Waals surface area (Å²) in [7, 11) is 0. The molecule has 1 atom stereocenters. The minimum atomic E-state index is -4.34. The average Bonchev–Trinajstić information content (AvgIpc) is 2.48. The fourth-order valence-electron chi connectivity index (χ4n) is 1.85. The predicted molar refractivity (Wildman–Crippen MR) is 75.3 cm³/mol. The second kappa shape index (κ2) is 6.54. The molecule has 0 fully saturated rings. The summed E-state index contributed by atoms with van der Waals surface area (Å²) in [5.74, 6) is 0. The van der Waals surface area contributed by atoms with Gasteiger partial charge in [-0.2, -0.15) is 13.2 Å². The maximum atomic E-state index is 12.4. The van der Waals surface area contributed by atoms with E-state index in [4.69, 9.17) is 0 Å². The molecule has 1 N–H and O–H groups in total. The van der Waals surface area contributed by atoms with Crippen molar-refractivity contribution in [2.75, 3.05) is 6.61 Å². The van der Waals surface area contributed by atoms with Gasteiger partial charge in [0.2, 0.25) is 0 Å². The first-order valence-corrected chi connectivity index (χ1v) is 6.37. The van der Waals surface area contributed by atoms with Gasteiger partial charge in [0.1, 0.15) is 0 Å². The monoisotopic (exact) mass is 293 g/mol. The molecule has 21 heavy (non-hydrogen) atoms. The van der Waals surface area contributed by atoms with Crippen molar-refractivity contribution in [2.24, 2.45) is 4.99 Å². The van der Waals surface area contributed by atoms with E-state index < -0.39 is 17.8 Å². The summed E-state index contributed by atoms with van der Waals surface area (Å²) in [4.78, 5) is 4.22. The van der Waals surface area contributed by atoms with Crippen LogP contribution < -0.4 is 0 Å². The number of aliphatic hydroxyl groups excluding tert-OH is 1. The van der Waals surface area contributed by atoms with Crippen molar-refractivity contribution in [3.05, 3.63) is 71.3 Å². The lowest BCUT2D eigenvalue weighted by molar-refractivity contribution is -0.137. The minimum Gasteiger partial charge on any atom is -0.394 e. The predicted octanol–water partition coefficient (Wildman–Crippen LogP) is 3.86. The van der Waals surface area contributed by atoms with Gasteiger partial charge in [-0.25, -0.2) is 0 Å². The SMILES string of the molecule is OC[C@@H](N=Cc1ccc(C(F)(F)F)cc1)c1ccccc1. The summed E-state index contributed by atoms with van der Waals surface area (Å²) < 4.78 is 37.3. The van der Waals surface area contributed by atoms with Crippen LogP contribution in [0.2, 0.25) is 0 Å². The fraction of sp³-hybridized carbons (Fsp3) is 0.188. The molecule has 2 aromatic carbocycles. The Balaban J connectivity index is 2.13. The molecular formula is C16H14F3NO. The van der Waals surface area contributed by atoms with E-state index in [9.17, 15) is 18.3 Å². The maximum Gasteiger partial charge on any atom is 0.416 e. The molecule has 0 aliphatic carbocycles. The lowest BCUT2D eigenvalue weighted by atomic mass is 10.1. The summed E-state index contributed by atoms with van der Waals surface area (Å²) in [6, 6.07) is 13.5. The van der Waals surface area contributed by atoms with Crippen LogP contribution in [-0.2, 0) is 6.18 Å². The van der Waals surface area contributed by atoms with Crippen LogP contribution in [0.3, 0.4) is 0 Å². The van der Waals surface area contributed by atoms with Crippen molar-refractivity contribution in [3.8, 4) is 0 Å². The Morgan fingerprint density at radius 3 is 2.14 bits per heavy atom. The fourth-order valence-corrected chi connectivity index (χ4v) is 1.85. The molecule has 2 nitrogen and oxygen atoms in total. The third kappa shape index (κ3) is 4.16. The van der Waals surface area contributed by atoms with Crippen molar-refractivity contribution < 1.29 is 18.3 Å². The Hall–Kier alpha value is -2.14. The van der Waals surface area contributed by atoms with Crippen LogP contribution in [0.4, 0.5) is 13.2 Å². The van der Waals surface area contributed by atoms with Gasteiger partial charge >= 0.3 is 6.18 Å². The van der Waals surface area contributed by atoms with Crippen molar-refractivity contribution >= 4 is 6.21 Å². The average molecular weight is 293 g/mol. The highest BCUT2D eigenvalue weighted by molar-refractivity contribution is 5.79. The third-order valence-corrected chi connectivity index (χ3v) is 3.00. The largest absolute Gasteiger partial charge is 0.416 e. The van der Waals surface area contributed by atoms with Crippen LogP contribution in [0.25, 0.3) is 0 Å². The first-order valence-electron chi connectivity index (χ1n) is 6.37. The van der Waals surface area contributed by atoms with E-state index >= 15 is 0 Å². The minimum absolute atomic E-state index is 0.166. The molecule has 0 unspecified atom stereocenters. The number of halogens is 3. The number of aliphatic imine (C=N–C) groups is 1. The van der Waals surface area contributed by atoms with Crippen LogP contribution in [-0.4, -0.2) is 17.9 Å². The highest BCUT2D eigenvalue weighted by Gasteiger charge is 2.29. The second-order valence-electron chi connectivity index (χ2n) is 4.51. The van der Waals surface area contributed by atoms with Crippen molar-refractivity contribution in [2.45, 2.75) is 12.2 Å². The molecule has 110 valence electrons. The van der Waals surface area contributed by atoms with E-state index in [0.717, 1.165) is 17.7 Å². The highest BCUT2D eigenvalue weighted by Crippen LogP contribution is 2.29. The first kappa shape index (κ1) is 15.3. The van der Waals surface area contributed by atoms with Gasteiger partial charge in [-0.3, -0.25) is 4.99 Å². The molecule has 0 aromatic heterocycles. The Labute approximate surface area is 120 Å². The molecule has 0 aliphatic rings. The zero-order valence-electron chi connectivity index (χ0n) is 11.1. The molecule has 0 bridgehead atoms. The number of aliphatic hydroxyl groups is 1. The van der Waals surface area contributed by atoms with Gasteiger partial charge in [-0.05, 0) is 23.3 Å². The van der Waals surface area contributed by atoms with Gasteiger partial charge in [-0.15, -0.1) is 0 Å². The normalized spacial score (nSPS) is 13.5. The van der Waals surface area contributed by atoms with Gasteiger partial charge in [0.25, 0.3) is 0 Å². The van der Waals surface area contributed by atoms with E-state index in [1.165, 1.54) is 18.3 Å². The number of hydrogen-bond donors (Lipinski definition) is 1. The number of benzene rings is 2. The van der Waals surface area contributed by atoms with Crippen molar-refractivity contribution in [3.63, 3.8) is 0 Å². The van der Waals surface area contributed by atoms with E-state index in [1.807, 2.05) is 30.3 Å². The van der Waals surface area contributed by atoms with Crippen LogP contribution >= 0.6 is 0 Å². The van der Waals surface area contributed by atoms with Crippen LogP contribution in [0.1, 0.15) is 22.7 Å². The Kier molecular flexibility index (Phi) is 4.75. The van der Waals surface area contributed by atoms with Crippen molar-refractivity contribution in [1.82, 2.24) is 0 Å². The van der Waals surface area contributed by atoms with Gasteiger partial charge in [0, 0.05) is 6.21 Å². The summed E-state index contributed by atoms with van der Waals surface area (Å²) >= 11 is 0. The van der Waals surface area contributed by atoms with Gasteiger partial charge < -0.3 is 5.11 Å². The second-order valence-corrected chi connectivity index (χ2v) is 4.51. The zero-order chi connectivity index (χ0) is 15.3. The van der Waals surface area contributed by atoms with E-state index in [1.54, 1.807) is 0 Å². The van der Waals surface area contributed by atoms with E-state index in [-0.39, 0.29) is 6.61 Å². The molecule has 0 spiro atoms. The molecule has 0 saturated heterocycles. The van der Waals surface area contributed by atoms with Crippen molar-refractivity contribution in [1.29, 1.82) is 0 Å². The van der Waals surface area contributed by atoms with E-state index in [0.29, 0.717) is 5.56 Å². The number of alkyl halides is 3. The molecular weight excluding hydrogens is 279 g/mol. The van der Waals surface area contributed by atoms with Crippen LogP contribution in [0.15, 0.2) is 59.6 Å². The topological polar surface area (TPSA) is 32.6 Å². The van der Waals surface area contributed by atoms with Crippen LogP contribution in [0, 0.1) is 0 Å². The molecule has 0 radical (unpaired) electrons. The Morgan fingerprint density at radius 1 is 1.00 bits per heavy atom. The summed E-state index contributed by atoms with van der Waals surface area (Å²) in [5.41, 5.74) is 0.710. The first-order chi connectivity index (χ1) is 10.0. The van der Waals surface area contributed by atoms with Gasteiger partial charge in [-0.1, -0.05) is 42.5 Å².